The van der Waals surface area contributed by atoms with Gasteiger partial charge in [-0.05, 0) is 54.2 Å². The Labute approximate surface area is 181 Å². The van der Waals surface area contributed by atoms with E-state index in [-0.39, 0.29) is 5.91 Å². The molecule has 1 aliphatic heterocycles. The molecule has 1 aliphatic rings. The van der Waals surface area contributed by atoms with Gasteiger partial charge in [0.2, 0.25) is 0 Å². The number of thiocarbonyl (C=S) groups is 1. The van der Waals surface area contributed by atoms with E-state index >= 15 is 0 Å². The number of hydrogen-bond acceptors (Lipinski definition) is 2. The van der Waals surface area contributed by atoms with Gasteiger partial charge in [0.25, 0.3) is 5.91 Å². The molecule has 1 amide bonds. The molecule has 1 fully saturated rings. The lowest BCUT2D eigenvalue weighted by atomic mass is 10.0. The molecule has 0 saturated carbocycles. The van der Waals surface area contributed by atoms with Gasteiger partial charge < -0.3 is 9.88 Å². The van der Waals surface area contributed by atoms with E-state index in [2.05, 4.69) is 56.7 Å². The molecular weight excluding hydrogens is 458 g/mol. The summed E-state index contributed by atoms with van der Waals surface area (Å²) < 4.78 is 3.19. The van der Waals surface area contributed by atoms with Crippen LogP contribution >= 0.6 is 39.7 Å². The van der Waals surface area contributed by atoms with Crippen LogP contribution in [0.25, 0.3) is 27.9 Å². The van der Waals surface area contributed by atoms with E-state index in [4.69, 9.17) is 23.8 Å². The molecule has 4 rings (SSSR count). The molecule has 0 spiro atoms. The van der Waals surface area contributed by atoms with Crippen molar-refractivity contribution < 1.29 is 4.79 Å². The first-order valence-corrected chi connectivity index (χ1v) is 10.3. The fraction of sp³-hybridized carbons (Fsp3) is 0.143. The molecule has 1 N–H and O–H groups in total. The highest BCUT2D eigenvalue weighted by Gasteiger charge is 2.32. The van der Waals surface area contributed by atoms with Gasteiger partial charge in [-0.15, -0.1) is 6.58 Å². The third-order valence-corrected chi connectivity index (χ3v) is 6.06. The third kappa shape index (κ3) is 3.15. The standard InChI is InChI=1S/C21H17BrClN3OS/c1-3-8-26-20(27)16(19(23)24-21(26)28)10-12-4-6-17-14(9-12)15-11-13(22)5-7-18(15)25(17)2/h3-7,9-11,19H,1,8H2,2H3,(H,24,28). The molecule has 1 aromatic heterocycles. The number of aryl methyl sites for hydroxylation is 1. The van der Waals surface area contributed by atoms with Crippen LogP contribution in [0.5, 0.6) is 0 Å². The Bertz CT molecular complexity index is 1180. The summed E-state index contributed by atoms with van der Waals surface area (Å²) in [7, 11) is 2.05. The van der Waals surface area contributed by atoms with Gasteiger partial charge in [0.1, 0.15) is 5.50 Å². The van der Waals surface area contributed by atoms with Gasteiger partial charge in [-0.3, -0.25) is 9.69 Å². The average molecular weight is 475 g/mol. The molecule has 1 atom stereocenters. The summed E-state index contributed by atoms with van der Waals surface area (Å²) in [6.45, 7) is 4.02. The first kappa shape index (κ1) is 19.2. The Morgan fingerprint density at radius 1 is 1.25 bits per heavy atom. The maximum absolute atomic E-state index is 12.9. The zero-order valence-electron chi connectivity index (χ0n) is 15.1. The van der Waals surface area contributed by atoms with Gasteiger partial charge in [0, 0.05) is 39.9 Å². The van der Waals surface area contributed by atoms with E-state index in [0.717, 1.165) is 31.8 Å². The molecule has 1 saturated heterocycles. The van der Waals surface area contributed by atoms with Crippen LogP contribution in [-0.2, 0) is 11.8 Å². The number of amides is 1. The van der Waals surface area contributed by atoms with Crippen molar-refractivity contribution in [2.45, 2.75) is 5.50 Å². The van der Waals surface area contributed by atoms with Gasteiger partial charge in [0.15, 0.2) is 5.11 Å². The molecule has 0 bridgehead atoms. The van der Waals surface area contributed by atoms with E-state index in [0.29, 0.717) is 17.2 Å². The van der Waals surface area contributed by atoms with Gasteiger partial charge in [0.05, 0.1) is 5.57 Å². The number of halogens is 2. The lowest BCUT2D eigenvalue weighted by Crippen LogP contribution is -2.54. The number of hydrogen-bond donors (Lipinski definition) is 1. The van der Waals surface area contributed by atoms with Crippen LogP contribution in [0.1, 0.15) is 5.56 Å². The highest BCUT2D eigenvalue weighted by atomic mass is 79.9. The number of alkyl halides is 1. The minimum atomic E-state index is -0.668. The number of fused-ring (bicyclic) bond motifs is 3. The Balaban J connectivity index is 1.83. The summed E-state index contributed by atoms with van der Waals surface area (Å²) in [5, 5.41) is 5.55. The largest absolute Gasteiger partial charge is 0.344 e. The van der Waals surface area contributed by atoms with E-state index in [1.54, 1.807) is 6.08 Å². The summed E-state index contributed by atoms with van der Waals surface area (Å²) in [5.41, 5.74) is 2.97. The van der Waals surface area contributed by atoms with Crippen molar-refractivity contribution in [3.63, 3.8) is 0 Å². The first-order valence-electron chi connectivity index (χ1n) is 8.67. The van der Waals surface area contributed by atoms with Crippen LogP contribution in [0.2, 0.25) is 0 Å². The Hall–Kier alpha value is -2.15. The molecule has 3 aromatic rings. The zero-order valence-corrected chi connectivity index (χ0v) is 18.2. The number of rotatable bonds is 3. The third-order valence-electron chi connectivity index (χ3n) is 4.89. The summed E-state index contributed by atoms with van der Waals surface area (Å²) in [6, 6.07) is 12.4. The zero-order chi connectivity index (χ0) is 20.0. The molecule has 0 aliphatic carbocycles. The maximum Gasteiger partial charge on any atom is 0.259 e. The van der Waals surface area contributed by atoms with Crippen LogP contribution < -0.4 is 5.32 Å². The monoisotopic (exact) mass is 473 g/mol. The van der Waals surface area contributed by atoms with E-state index < -0.39 is 5.50 Å². The summed E-state index contributed by atoms with van der Waals surface area (Å²) in [5.74, 6) is -0.204. The minimum Gasteiger partial charge on any atom is -0.344 e. The van der Waals surface area contributed by atoms with Gasteiger partial charge in [-0.2, -0.15) is 0 Å². The normalized spacial score (nSPS) is 18.9. The number of nitrogens with one attached hydrogen (secondary N) is 1. The molecule has 7 heteroatoms. The van der Waals surface area contributed by atoms with Gasteiger partial charge in [-0.1, -0.05) is 39.7 Å². The molecule has 2 heterocycles. The van der Waals surface area contributed by atoms with Crippen LogP contribution in [0, 0.1) is 0 Å². The van der Waals surface area contributed by atoms with Crippen molar-refractivity contribution in [1.82, 2.24) is 14.8 Å². The highest BCUT2D eigenvalue weighted by Crippen LogP contribution is 2.32. The van der Waals surface area contributed by atoms with Crippen LogP contribution in [0.4, 0.5) is 0 Å². The van der Waals surface area contributed by atoms with Crippen molar-refractivity contribution in [3.05, 3.63) is 64.7 Å². The van der Waals surface area contributed by atoms with E-state index in [9.17, 15) is 4.79 Å². The molecule has 142 valence electrons. The fourth-order valence-electron chi connectivity index (χ4n) is 3.53. The van der Waals surface area contributed by atoms with E-state index in [1.165, 1.54) is 4.90 Å². The smallest absolute Gasteiger partial charge is 0.259 e. The quantitative estimate of drug-likeness (QED) is 0.192. The van der Waals surface area contributed by atoms with Crippen LogP contribution in [-0.4, -0.2) is 32.5 Å². The maximum atomic E-state index is 12.9. The van der Waals surface area contributed by atoms with Gasteiger partial charge >= 0.3 is 0 Å². The lowest BCUT2D eigenvalue weighted by Gasteiger charge is -2.32. The average Bonchev–Trinajstić information content (AvgIpc) is 2.93. The number of aromatic nitrogens is 1. The van der Waals surface area contributed by atoms with E-state index in [1.807, 2.05) is 25.3 Å². The minimum absolute atomic E-state index is 0.204. The summed E-state index contributed by atoms with van der Waals surface area (Å²) in [6.07, 6.45) is 3.46. The highest BCUT2D eigenvalue weighted by molar-refractivity contribution is 9.10. The Morgan fingerprint density at radius 3 is 2.64 bits per heavy atom. The van der Waals surface area contributed by atoms with Crippen molar-refractivity contribution in [2.75, 3.05) is 6.54 Å². The molecule has 4 nitrogen and oxygen atoms in total. The fourth-order valence-corrected chi connectivity index (χ4v) is 4.49. The van der Waals surface area contributed by atoms with Crippen molar-refractivity contribution in [2.24, 2.45) is 7.05 Å². The lowest BCUT2D eigenvalue weighted by molar-refractivity contribution is -0.123. The van der Waals surface area contributed by atoms with Crippen LogP contribution in [0.3, 0.4) is 0 Å². The Kier molecular flexibility index (Phi) is 5.04. The Morgan fingerprint density at radius 2 is 1.93 bits per heavy atom. The molecule has 0 radical (unpaired) electrons. The molecule has 2 aromatic carbocycles. The summed E-state index contributed by atoms with van der Waals surface area (Å²) in [4.78, 5) is 14.3. The molecule has 28 heavy (non-hydrogen) atoms. The topological polar surface area (TPSA) is 37.3 Å². The second kappa shape index (κ2) is 7.35. The van der Waals surface area contributed by atoms with Crippen molar-refractivity contribution >= 4 is 78.7 Å². The molecular formula is C21H17BrClN3OS. The SMILES string of the molecule is C=CCN1C(=O)C(=Cc2ccc3c(c2)c2cc(Br)ccc2n3C)C(Cl)NC1=S. The number of carbonyl (C=O) groups is 1. The second-order valence-corrected chi connectivity index (χ2v) is 8.35. The second-order valence-electron chi connectivity index (χ2n) is 6.61. The predicted molar refractivity (Wildman–Crippen MR) is 123 cm³/mol. The van der Waals surface area contributed by atoms with Crippen molar-refractivity contribution in [1.29, 1.82) is 0 Å². The number of benzene rings is 2. The van der Waals surface area contributed by atoms with Gasteiger partial charge in [-0.25, -0.2) is 0 Å². The number of carbonyl (C=O) groups excluding carboxylic acids is 1. The molecule has 1 unspecified atom stereocenters. The van der Waals surface area contributed by atoms with Crippen molar-refractivity contribution in [3.8, 4) is 0 Å². The number of nitrogens with zero attached hydrogens (tertiary/aromatic N) is 2. The summed E-state index contributed by atoms with van der Waals surface area (Å²) >= 11 is 15.1. The predicted octanol–water partition coefficient (Wildman–Crippen LogP) is 4.95. The van der Waals surface area contributed by atoms with Crippen LogP contribution in [0.15, 0.2) is 59.1 Å². The first-order chi connectivity index (χ1) is 13.4.